The van der Waals surface area contributed by atoms with E-state index in [1.165, 1.54) is 17.2 Å². The predicted molar refractivity (Wildman–Crippen MR) is 77.3 cm³/mol. The van der Waals surface area contributed by atoms with Gasteiger partial charge in [-0.2, -0.15) is 0 Å². The third-order valence-corrected chi connectivity index (χ3v) is 3.65. The first-order chi connectivity index (χ1) is 9.95. The molecule has 0 bridgehead atoms. The Morgan fingerprint density at radius 3 is 2.71 bits per heavy atom. The summed E-state index contributed by atoms with van der Waals surface area (Å²) in [5.74, 6) is 0.226. The van der Waals surface area contributed by atoms with E-state index in [4.69, 9.17) is 10.5 Å². The smallest absolute Gasteiger partial charge is 0.172 e. The maximum absolute atomic E-state index is 10.9. The Bertz CT molecular complexity index is 617. The van der Waals surface area contributed by atoms with E-state index in [1.807, 2.05) is 6.92 Å². The summed E-state index contributed by atoms with van der Waals surface area (Å²) in [5.41, 5.74) is 4.91. The number of hydrogen-bond acceptors (Lipinski definition) is 7. The van der Waals surface area contributed by atoms with Gasteiger partial charge in [-0.3, -0.25) is 4.57 Å². The number of nitrogen functional groups attached to an aromatic ring is 1. The number of aromatic nitrogens is 4. The van der Waals surface area contributed by atoms with Gasteiger partial charge in [0, 0.05) is 6.61 Å². The summed E-state index contributed by atoms with van der Waals surface area (Å²) < 4.78 is 6.80. The van der Waals surface area contributed by atoms with Crippen LogP contribution in [0.5, 0.6) is 0 Å². The molecule has 2 rings (SSSR count). The number of fused-ring (bicyclic) bond motifs is 1. The molecule has 2 heterocycles. The van der Waals surface area contributed by atoms with Gasteiger partial charge in [-0.15, -0.1) is 0 Å². The van der Waals surface area contributed by atoms with Crippen LogP contribution in [-0.2, 0) is 10.5 Å². The molecule has 0 spiro atoms. The Hall–Kier alpha value is -1.77. The van der Waals surface area contributed by atoms with Crippen LogP contribution in [0.3, 0.4) is 0 Å². The molecule has 8 nitrogen and oxygen atoms in total. The van der Waals surface area contributed by atoms with E-state index in [9.17, 15) is 10.2 Å². The van der Waals surface area contributed by atoms with E-state index in [0.717, 1.165) is 0 Å². The average molecular weight is 295 g/mol. The number of imidazole rings is 1. The van der Waals surface area contributed by atoms with E-state index < -0.39 is 17.9 Å². The second kappa shape index (κ2) is 5.92. The Balaban J connectivity index is 2.50. The first kappa shape index (κ1) is 15.6. The van der Waals surface area contributed by atoms with Crippen molar-refractivity contribution in [3.63, 3.8) is 0 Å². The van der Waals surface area contributed by atoms with Crippen molar-refractivity contribution in [2.24, 2.45) is 0 Å². The van der Waals surface area contributed by atoms with Crippen LogP contribution < -0.4 is 5.73 Å². The zero-order valence-corrected chi connectivity index (χ0v) is 12.4. The van der Waals surface area contributed by atoms with Crippen molar-refractivity contribution >= 4 is 17.0 Å². The van der Waals surface area contributed by atoms with Crippen LogP contribution >= 0.6 is 0 Å². The fraction of sp³-hybridized carbons (Fsp3) is 0.615. The van der Waals surface area contributed by atoms with Gasteiger partial charge in [0.1, 0.15) is 17.9 Å². The van der Waals surface area contributed by atoms with Crippen molar-refractivity contribution in [2.75, 3.05) is 12.3 Å². The summed E-state index contributed by atoms with van der Waals surface area (Å²) in [6.45, 7) is 5.74. The molecule has 8 heteroatoms. The standard InChI is InChI=1S/C13H21N5O3/c1-4-13(20,10(19)8(3)21-5-2)18-7-17-9-11(14)15-6-16-12(9)18/h6-8,10,19-20H,4-5H2,1-3H3,(H2,14,15,16). The second-order valence-electron chi connectivity index (χ2n) is 4.88. The number of hydrogen-bond donors (Lipinski definition) is 3. The Kier molecular flexibility index (Phi) is 4.40. The van der Waals surface area contributed by atoms with Crippen molar-refractivity contribution in [3.05, 3.63) is 12.7 Å². The Morgan fingerprint density at radius 1 is 1.38 bits per heavy atom. The third-order valence-electron chi connectivity index (χ3n) is 3.65. The molecule has 0 aliphatic carbocycles. The van der Waals surface area contributed by atoms with Crippen LogP contribution in [0.25, 0.3) is 11.2 Å². The van der Waals surface area contributed by atoms with Crippen LogP contribution in [0.2, 0.25) is 0 Å². The van der Waals surface area contributed by atoms with Gasteiger partial charge in [-0.1, -0.05) is 6.92 Å². The molecule has 0 aromatic carbocycles. The highest BCUT2D eigenvalue weighted by Crippen LogP contribution is 2.29. The summed E-state index contributed by atoms with van der Waals surface area (Å²) in [6.07, 6.45) is 1.26. The van der Waals surface area contributed by atoms with Gasteiger partial charge in [0.15, 0.2) is 17.2 Å². The monoisotopic (exact) mass is 295 g/mol. The SMILES string of the molecule is CCOC(C)C(O)C(O)(CC)n1cnc2c(N)ncnc21. The molecule has 2 aromatic heterocycles. The van der Waals surface area contributed by atoms with Crippen LogP contribution in [0.4, 0.5) is 5.82 Å². The molecular formula is C13H21N5O3. The molecule has 0 fully saturated rings. The van der Waals surface area contributed by atoms with E-state index >= 15 is 0 Å². The molecule has 21 heavy (non-hydrogen) atoms. The minimum Gasteiger partial charge on any atom is -0.385 e. The van der Waals surface area contributed by atoms with Crippen molar-refractivity contribution in [3.8, 4) is 0 Å². The largest absolute Gasteiger partial charge is 0.385 e. The summed E-state index contributed by atoms with van der Waals surface area (Å²) in [7, 11) is 0. The second-order valence-corrected chi connectivity index (χ2v) is 4.88. The molecule has 4 N–H and O–H groups in total. The number of nitrogens with zero attached hydrogens (tertiary/aromatic N) is 4. The number of anilines is 1. The first-order valence-corrected chi connectivity index (χ1v) is 6.91. The van der Waals surface area contributed by atoms with E-state index in [-0.39, 0.29) is 12.2 Å². The van der Waals surface area contributed by atoms with Crippen molar-refractivity contribution in [2.45, 2.75) is 45.1 Å². The minimum absolute atomic E-state index is 0.226. The van der Waals surface area contributed by atoms with Gasteiger partial charge < -0.3 is 20.7 Å². The topological polar surface area (TPSA) is 119 Å². The Morgan fingerprint density at radius 2 is 2.10 bits per heavy atom. The highest BCUT2D eigenvalue weighted by atomic mass is 16.5. The molecule has 3 unspecified atom stereocenters. The van der Waals surface area contributed by atoms with Crippen molar-refractivity contribution < 1.29 is 14.9 Å². The highest BCUT2D eigenvalue weighted by Gasteiger charge is 2.41. The maximum atomic E-state index is 10.9. The molecule has 3 atom stereocenters. The van der Waals surface area contributed by atoms with E-state index in [0.29, 0.717) is 17.8 Å². The quantitative estimate of drug-likeness (QED) is 0.698. The van der Waals surface area contributed by atoms with Crippen molar-refractivity contribution in [1.82, 2.24) is 19.5 Å². The Labute approximate surface area is 122 Å². The van der Waals surface area contributed by atoms with Crippen LogP contribution in [0.1, 0.15) is 27.2 Å². The first-order valence-electron chi connectivity index (χ1n) is 6.91. The normalized spacial score (nSPS) is 17.6. The fourth-order valence-electron chi connectivity index (χ4n) is 2.39. The van der Waals surface area contributed by atoms with Gasteiger partial charge in [0.2, 0.25) is 0 Å². The van der Waals surface area contributed by atoms with Gasteiger partial charge in [-0.25, -0.2) is 15.0 Å². The third kappa shape index (κ3) is 2.57. The fourth-order valence-corrected chi connectivity index (χ4v) is 2.39. The lowest BCUT2D eigenvalue weighted by Gasteiger charge is -2.36. The zero-order valence-electron chi connectivity index (χ0n) is 12.4. The number of aliphatic hydroxyl groups excluding tert-OH is 1. The van der Waals surface area contributed by atoms with Gasteiger partial charge in [0.25, 0.3) is 0 Å². The van der Waals surface area contributed by atoms with Gasteiger partial charge >= 0.3 is 0 Å². The summed E-state index contributed by atoms with van der Waals surface area (Å²) in [6, 6.07) is 0. The number of aliphatic hydroxyl groups is 2. The van der Waals surface area contributed by atoms with Crippen LogP contribution in [-0.4, -0.2) is 48.5 Å². The summed E-state index contributed by atoms with van der Waals surface area (Å²) in [4.78, 5) is 12.1. The molecule has 0 aliphatic rings. The molecule has 116 valence electrons. The molecule has 2 aromatic rings. The molecule has 0 saturated heterocycles. The van der Waals surface area contributed by atoms with Crippen molar-refractivity contribution in [1.29, 1.82) is 0 Å². The lowest BCUT2D eigenvalue weighted by molar-refractivity contribution is -0.180. The van der Waals surface area contributed by atoms with Crippen LogP contribution in [0.15, 0.2) is 12.7 Å². The molecule has 0 aliphatic heterocycles. The molecule has 0 saturated carbocycles. The van der Waals surface area contributed by atoms with E-state index in [2.05, 4.69) is 15.0 Å². The highest BCUT2D eigenvalue weighted by molar-refractivity contribution is 5.81. The van der Waals surface area contributed by atoms with Crippen LogP contribution in [0, 0.1) is 0 Å². The molecular weight excluding hydrogens is 274 g/mol. The minimum atomic E-state index is -1.59. The van der Waals surface area contributed by atoms with Gasteiger partial charge in [-0.05, 0) is 20.3 Å². The lowest BCUT2D eigenvalue weighted by Crippen LogP contribution is -2.50. The molecule has 0 radical (unpaired) electrons. The number of ether oxygens (including phenoxy) is 1. The van der Waals surface area contributed by atoms with E-state index in [1.54, 1.807) is 13.8 Å². The summed E-state index contributed by atoms with van der Waals surface area (Å²) in [5, 5.41) is 21.4. The number of rotatable bonds is 6. The predicted octanol–water partition coefficient (Wildman–Crippen LogP) is 0.250. The average Bonchev–Trinajstić information content (AvgIpc) is 2.92. The lowest BCUT2D eigenvalue weighted by atomic mass is 9.99. The summed E-state index contributed by atoms with van der Waals surface area (Å²) >= 11 is 0. The van der Waals surface area contributed by atoms with Gasteiger partial charge in [0.05, 0.1) is 12.4 Å². The zero-order chi connectivity index (χ0) is 15.6. The maximum Gasteiger partial charge on any atom is 0.172 e. The molecule has 0 amide bonds. The number of nitrogens with two attached hydrogens (primary N) is 1.